The molecule has 1 amide bonds. The zero-order valence-electron chi connectivity index (χ0n) is 26.4. The largest absolute Gasteiger partial charge is 0.453 e. The zero-order chi connectivity index (χ0) is 33.6. The van der Waals surface area contributed by atoms with Crippen LogP contribution in [-0.4, -0.2) is 56.3 Å². The van der Waals surface area contributed by atoms with Crippen molar-refractivity contribution in [2.75, 3.05) is 18.1 Å². The van der Waals surface area contributed by atoms with Gasteiger partial charge < -0.3 is 14.8 Å². The number of hydrogen-bond acceptors (Lipinski definition) is 6. The van der Waals surface area contributed by atoms with Crippen LogP contribution >= 0.6 is 11.3 Å². The molecule has 2 fully saturated rings. The predicted octanol–water partition coefficient (Wildman–Crippen LogP) is 8.72. The second-order valence-electron chi connectivity index (χ2n) is 13.9. The molecule has 1 N–H and O–H groups in total. The monoisotopic (exact) mass is 700 g/mol. The van der Waals surface area contributed by atoms with Crippen LogP contribution in [0.15, 0.2) is 34.8 Å². The zero-order valence-corrected chi connectivity index (χ0v) is 28.0. The van der Waals surface area contributed by atoms with E-state index in [9.17, 15) is 36.2 Å². The molecule has 258 valence electrons. The van der Waals surface area contributed by atoms with Gasteiger partial charge in [0.25, 0.3) is 0 Å². The topological polar surface area (TPSA) is 79.2 Å². The molecule has 0 saturated heterocycles. The summed E-state index contributed by atoms with van der Waals surface area (Å²) >= 11 is 1.71. The Hall–Kier alpha value is -2.54. The van der Waals surface area contributed by atoms with Gasteiger partial charge in [-0.05, 0) is 122 Å². The number of nitrogens with zero attached hydrogens (tertiary/aromatic N) is 2. The van der Waals surface area contributed by atoms with E-state index in [0.717, 1.165) is 61.8 Å². The number of hydrogen-bond donors (Lipinski definition) is 1. The number of benzene rings is 1. The molecule has 6 rings (SSSR count). The van der Waals surface area contributed by atoms with Gasteiger partial charge in [0.1, 0.15) is 5.75 Å². The maximum absolute atomic E-state index is 13.3. The normalized spacial score (nSPS) is 28.7. The molecule has 1 unspecified atom stereocenters. The van der Waals surface area contributed by atoms with Gasteiger partial charge in [-0.1, -0.05) is 18.1 Å². The number of amides is 1. The molecular weight excluding hydrogens is 660 g/mol. The number of rotatable bonds is 9. The average molecular weight is 701 g/mol. The van der Waals surface area contributed by atoms with Crippen molar-refractivity contribution in [1.82, 2.24) is 4.90 Å². The van der Waals surface area contributed by atoms with Crippen molar-refractivity contribution >= 4 is 33.9 Å². The van der Waals surface area contributed by atoms with Crippen LogP contribution in [-0.2, 0) is 30.2 Å². The minimum absolute atomic E-state index is 0.193. The second-order valence-corrected chi connectivity index (χ2v) is 16.6. The van der Waals surface area contributed by atoms with E-state index in [2.05, 4.69) is 18.1 Å². The molecule has 1 aromatic heterocycles. The Morgan fingerprint density at radius 3 is 2.68 bits per heavy atom. The first kappa shape index (κ1) is 34.3. The fraction of sp³-hybridized carbons (Fsp3) is 0.647. The summed E-state index contributed by atoms with van der Waals surface area (Å²) in [5.41, 5.74) is 4.16. The number of alkyl halides is 5. The molecule has 1 aromatic carbocycles. The Balaban J connectivity index is 1.14. The number of carbonyl (C=O) groups excluding carboxylic acids is 1. The van der Waals surface area contributed by atoms with E-state index in [1.807, 2.05) is 23.6 Å². The maximum Gasteiger partial charge on any atom is 0.453 e. The lowest BCUT2D eigenvalue weighted by atomic mass is 9.52. The van der Waals surface area contributed by atoms with Gasteiger partial charge in [-0.15, -0.1) is 11.3 Å². The van der Waals surface area contributed by atoms with E-state index in [0.29, 0.717) is 37.1 Å². The van der Waals surface area contributed by atoms with Crippen LogP contribution in [0.4, 0.5) is 26.7 Å². The number of thiophene rings is 1. The van der Waals surface area contributed by atoms with Crippen molar-refractivity contribution in [3.05, 3.63) is 51.2 Å². The van der Waals surface area contributed by atoms with Crippen molar-refractivity contribution in [3.63, 3.8) is 0 Å². The first-order chi connectivity index (χ1) is 22.3. The van der Waals surface area contributed by atoms with Gasteiger partial charge in [0.2, 0.25) is 0 Å². The number of carbonyl (C=O) groups is 1. The van der Waals surface area contributed by atoms with Gasteiger partial charge in [-0.25, -0.2) is 4.79 Å². The van der Waals surface area contributed by atoms with Crippen molar-refractivity contribution in [2.24, 2.45) is 28.3 Å². The fourth-order valence-corrected chi connectivity index (χ4v) is 10.9. The van der Waals surface area contributed by atoms with E-state index in [1.165, 1.54) is 10.4 Å². The molecule has 2 aromatic rings. The van der Waals surface area contributed by atoms with Crippen molar-refractivity contribution < 1.29 is 40.9 Å². The third-order valence-electron chi connectivity index (χ3n) is 11.2. The van der Waals surface area contributed by atoms with Gasteiger partial charge in [0.15, 0.2) is 0 Å². The highest BCUT2D eigenvalue weighted by Crippen LogP contribution is 2.62. The fourth-order valence-electron chi connectivity index (χ4n) is 8.84. The molecule has 0 radical (unpaired) electrons. The number of oxime groups is 1. The van der Waals surface area contributed by atoms with E-state index in [-0.39, 0.29) is 34.8 Å². The molecule has 2 saturated carbocycles. The lowest BCUT2D eigenvalue weighted by Gasteiger charge is -2.52. The number of fused-ring (bicyclic) bond motifs is 6. The third-order valence-corrected chi connectivity index (χ3v) is 13.7. The first-order valence-corrected chi connectivity index (χ1v) is 18.8. The molecule has 0 bridgehead atoms. The minimum Gasteiger partial charge on any atom is -0.411 e. The van der Waals surface area contributed by atoms with Crippen LogP contribution in [0.3, 0.4) is 0 Å². The Kier molecular flexibility index (Phi) is 9.79. The summed E-state index contributed by atoms with van der Waals surface area (Å²) in [4.78, 5) is 16.1. The summed E-state index contributed by atoms with van der Waals surface area (Å²) in [6.45, 7) is 3.32. The molecule has 3 aliphatic carbocycles. The van der Waals surface area contributed by atoms with E-state index >= 15 is 0 Å². The minimum atomic E-state index is -5.60. The Labute approximate surface area is 278 Å². The summed E-state index contributed by atoms with van der Waals surface area (Å²) in [6.07, 6.45) is -1.51. The molecule has 13 heteroatoms. The average Bonchev–Trinajstić information content (AvgIpc) is 3.63. The molecule has 6 nitrogen and oxygen atoms in total. The van der Waals surface area contributed by atoms with Crippen molar-refractivity contribution in [2.45, 2.75) is 95.7 Å². The Bertz CT molecular complexity index is 1530. The summed E-state index contributed by atoms with van der Waals surface area (Å²) in [6, 6.07) is 7.98. The van der Waals surface area contributed by atoms with Gasteiger partial charge in [-0.3, -0.25) is 4.21 Å². The Morgan fingerprint density at radius 1 is 1.13 bits per heavy atom. The second kappa shape index (κ2) is 13.4. The summed E-state index contributed by atoms with van der Waals surface area (Å²) in [5, 5.41) is 15.5. The molecule has 47 heavy (non-hydrogen) atoms. The van der Waals surface area contributed by atoms with Crippen LogP contribution in [0, 0.1) is 23.2 Å². The number of halogens is 5. The van der Waals surface area contributed by atoms with Crippen LogP contribution in [0.1, 0.15) is 85.8 Å². The summed E-state index contributed by atoms with van der Waals surface area (Å²) < 4.78 is 82.7. The molecule has 2 heterocycles. The third kappa shape index (κ3) is 6.85. The SMILES string of the molecule is C[C@]12CC[C@@H]3c4ccc(OC(=O)N5CCc6sccc6C5)cc4C[C@@H](CCCS(=O)CCCC(F)(F)C(F)(F)F)[C@H]3[C@@H]1CC/C2=N/O. The van der Waals surface area contributed by atoms with Crippen molar-refractivity contribution in [3.8, 4) is 5.75 Å². The molecule has 0 spiro atoms. The molecule has 6 atom stereocenters. The highest BCUT2D eigenvalue weighted by atomic mass is 32.2. The highest BCUT2D eigenvalue weighted by molar-refractivity contribution is 7.84. The highest BCUT2D eigenvalue weighted by Gasteiger charge is 2.57. The van der Waals surface area contributed by atoms with Crippen LogP contribution < -0.4 is 4.74 Å². The van der Waals surface area contributed by atoms with Gasteiger partial charge >= 0.3 is 18.2 Å². The molecule has 1 aliphatic heterocycles. The van der Waals surface area contributed by atoms with E-state index in [1.54, 1.807) is 16.2 Å². The lowest BCUT2D eigenvalue weighted by molar-refractivity contribution is -0.284. The number of ether oxygens (including phenoxy) is 1. The van der Waals surface area contributed by atoms with Crippen LogP contribution in [0.25, 0.3) is 0 Å². The smallest absolute Gasteiger partial charge is 0.411 e. The van der Waals surface area contributed by atoms with E-state index in [4.69, 9.17) is 4.74 Å². The maximum atomic E-state index is 13.3. The van der Waals surface area contributed by atoms with Gasteiger partial charge in [0.05, 0.1) is 12.3 Å². The lowest BCUT2D eigenvalue weighted by Crippen LogP contribution is -2.46. The summed E-state index contributed by atoms with van der Waals surface area (Å²) in [5.74, 6) is -3.17. The van der Waals surface area contributed by atoms with Crippen LogP contribution in [0.5, 0.6) is 5.75 Å². The van der Waals surface area contributed by atoms with Gasteiger partial charge in [-0.2, -0.15) is 22.0 Å². The quantitative estimate of drug-likeness (QED) is 0.161. The predicted molar refractivity (Wildman–Crippen MR) is 171 cm³/mol. The van der Waals surface area contributed by atoms with Gasteiger partial charge in [0, 0.05) is 45.6 Å². The summed E-state index contributed by atoms with van der Waals surface area (Å²) in [7, 11) is -1.50. The standard InChI is InChI=1S/C34H41F5N2O4S2/c1-32-13-9-26-25-6-5-24(45-31(42)41-14-10-28-22(20-41)11-15-46-28)19-23(25)18-21(30(26)27(32)7-8-29(32)40-43)4-2-16-47(44)17-3-12-33(35,36)34(37,38)39/h5-6,11,15,19,21,26-27,30,43H,2-4,7-10,12-14,16-18,20H2,1H3/b40-29-/t21-,26-,27+,30-,32+,47?/m1/s1. The van der Waals surface area contributed by atoms with Crippen molar-refractivity contribution in [1.29, 1.82) is 0 Å². The molecular formula is C34H41F5N2O4S2. The Morgan fingerprint density at radius 2 is 1.91 bits per heavy atom. The van der Waals surface area contributed by atoms with E-state index < -0.39 is 35.7 Å². The van der Waals surface area contributed by atoms with Crippen LogP contribution in [0.2, 0.25) is 0 Å². The first-order valence-electron chi connectivity index (χ1n) is 16.5. The molecule has 4 aliphatic rings.